The summed E-state index contributed by atoms with van der Waals surface area (Å²) in [6.45, 7) is 3.91. The highest BCUT2D eigenvalue weighted by atomic mass is 15.2. The van der Waals surface area contributed by atoms with Gasteiger partial charge in [0, 0.05) is 23.4 Å². The Labute approximate surface area is 161 Å². The van der Waals surface area contributed by atoms with Crippen LogP contribution in [-0.4, -0.2) is 24.6 Å². The second-order valence-electron chi connectivity index (χ2n) is 6.46. The first-order valence-corrected chi connectivity index (χ1v) is 8.76. The summed E-state index contributed by atoms with van der Waals surface area (Å²) in [6, 6.07) is 13.7. The molecule has 3 heterocycles. The quantitative estimate of drug-likeness (QED) is 0.566. The molecule has 8 nitrogen and oxygen atoms in total. The van der Waals surface area contributed by atoms with Crippen LogP contribution in [0.25, 0.3) is 16.9 Å². The van der Waals surface area contributed by atoms with Gasteiger partial charge in [-0.3, -0.25) is 0 Å². The molecular formula is C20H18N8. The smallest absolute Gasteiger partial charge is 0.155 e. The van der Waals surface area contributed by atoms with Crippen molar-refractivity contribution in [3.8, 4) is 17.3 Å². The maximum atomic E-state index is 9.38. The molecule has 4 aromatic rings. The van der Waals surface area contributed by atoms with Gasteiger partial charge in [-0.25, -0.2) is 19.5 Å². The molecule has 138 valence electrons. The lowest BCUT2D eigenvalue weighted by atomic mass is 10.0. The number of benzene rings is 1. The molecule has 1 atom stereocenters. The van der Waals surface area contributed by atoms with E-state index < -0.39 is 0 Å². The van der Waals surface area contributed by atoms with Crippen molar-refractivity contribution in [3.63, 3.8) is 0 Å². The van der Waals surface area contributed by atoms with Gasteiger partial charge in [0.05, 0.1) is 17.4 Å². The maximum absolute atomic E-state index is 9.38. The Balaban J connectivity index is 1.83. The van der Waals surface area contributed by atoms with Crippen LogP contribution in [0, 0.1) is 18.3 Å². The zero-order chi connectivity index (χ0) is 19.7. The van der Waals surface area contributed by atoms with Crippen LogP contribution in [0.3, 0.4) is 0 Å². The Hall–Kier alpha value is -3.99. The molecule has 0 spiro atoms. The molecule has 3 aromatic heterocycles. The van der Waals surface area contributed by atoms with E-state index in [1.807, 2.05) is 56.4 Å². The van der Waals surface area contributed by atoms with Crippen molar-refractivity contribution in [2.75, 3.05) is 11.1 Å². The van der Waals surface area contributed by atoms with Crippen LogP contribution < -0.4 is 11.1 Å². The summed E-state index contributed by atoms with van der Waals surface area (Å²) in [5.41, 5.74) is 10.4. The van der Waals surface area contributed by atoms with Gasteiger partial charge in [-0.2, -0.15) is 10.4 Å². The molecule has 1 unspecified atom stereocenters. The highest BCUT2D eigenvalue weighted by molar-refractivity contribution is 5.68. The van der Waals surface area contributed by atoms with E-state index >= 15 is 0 Å². The van der Waals surface area contributed by atoms with Gasteiger partial charge in [-0.1, -0.05) is 30.3 Å². The van der Waals surface area contributed by atoms with Crippen molar-refractivity contribution in [2.45, 2.75) is 19.9 Å². The van der Waals surface area contributed by atoms with Gasteiger partial charge in [0.1, 0.15) is 29.6 Å². The third-order valence-electron chi connectivity index (χ3n) is 4.45. The van der Waals surface area contributed by atoms with Crippen LogP contribution in [0.2, 0.25) is 0 Å². The average molecular weight is 370 g/mol. The number of nitrogens with one attached hydrogen (secondary N) is 1. The molecule has 0 aliphatic carbocycles. The second kappa shape index (κ2) is 6.96. The number of anilines is 2. The summed E-state index contributed by atoms with van der Waals surface area (Å²) < 4.78 is 1.76. The molecule has 28 heavy (non-hydrogen) atoms. The number of fused-ring (bicyclic) bond motifs is 1. The molecule has 3 N–H and O–H groups in total. The second-order valence-corrected chi connectivity index (χ2v) is 6.46. The summed E-state index contributed by atoms with van der Waals surface area (Å²) in [5, 5.41) is 17.1. The zero-order valence-electron chi connectivity index (χ0n) is 15.5. The third-order valence-corrected chi connectivity index (χ3v) is 4.45. The number of nitriles is 1. The predicted molar refractivity (Wildman–Crippen MR) is 106 cm³/mol. The summed E-state index contributed by atoms with van der Waals surface area (Å²) in [7, 11) is 0. The minimum Gasteiger partial charge on any atom is -0.382 e. The van der Waals surface area contributed by atoms with E-state index in [2.05, 4.69) is 26.5 Å². The molecule has 0 aliphatic heterocycles. The van der Waals surface area contributed by atoms with Crippen molar-refractivity contribution in [3.05, 3.63) is 65.7 Å². The lowest BCUT2D eigenvalue weighted by Gasteiger charge is -2.19. The van der Waals surface area contributed by atoms with Gasteiger partial charge in [0.25, 0.3) is 0 Å². The monoisotopic (exact) mass is 370 g/mol. The number of hydrogen-bond acceptors (Lipinski definition) is 7. The molecule has 0 amide bonds. The van der Waals surface area contributed by atoms with E-state index in [0.29, 0.717) is 5.82 Å². The first-order chi connectivity index (χ1) is 13.6. The highest BCUT2D eigenvalue weighted by Gasteiger charge is 2.18. The van der Waals surface area contributed by atoms with E-state index in [-0.39, 0.29) is 17.4 Å². The molecule has 0 saturated carbocycles. The normalized spacial score (nSPS) is 11.9. The van der Waals surface area contributed by atoms with E-state index in [1.54, 1.807) is 4.52 Å². The summed E-state index contributed by atoms with van der Waals surface area (Å²) in [6.07, 6.45) is 3.29. The fourth-order valence-electron chi connectivity index (χ4n) is 3.10. The molecular weight excluding hydrogens is 352 g/mol. The lowest BCUT2D eigenvalue weighted by Crippen LogP contribution is -2.14. The van der Waals surface area contributed by atoms with Crippen molar-refractivity contribution < 1.29 is 0 Å². The first kappa shape index (κ1) is 17.4. The lowest BCUT2D eigenvalue weighted by molar-refractivity contribution is 0.825. The number of aryl methyl sites for hydroxylation is 1. The number of rotatable bonds is 4. The van der Waals surface area contributed by atoms with Crippen molar-refractivity contribution >= 4 is 17.3 Å². The van der Waals surface area contributed by atoms with Gasteiger partial charge in [-0.05, 0) is 13.8 Å². The minimum absolute atomic E-state index is 0.145. The van der Waals surface area contributed by atoms with Gasteiger partial charge in [0.2, 0.25) is 0 Å². The molecule has 0 aliphatic rings. The molecule has 0 saturated heterocycles. The van der Waals surface area contributed by atoms with Crippen molar-refractivity contribution in [1.29, 1.82) is 5.26 Å². The van der Waals surface area contributed by atoms with Crippen molar-refractivity contribution in [1.82, 2.24) is 24.6 Å². The number of hydrogen-bond donors (Lipinski definition) is 2. The summed E-state index contributed by atoms with van der Waals surface area (Å²) >= 11 is 0. The van der Waals surface area contributed by atoms with E-state index in [9.17, 15) is 5.26 Å². The molecule has 0 bridgehead atoms. The maximum Gasteiger partial charge on any atom is 0.155 e. The fraction of sp³-hybridized carbons (Fsp3) is 0.150. The minimum atomic E-state index is -0.210. The van der Waals surface area contributed by atoms with Crippen LogP contribution in [-0.2, 0) is 0 Å². The fourth-order valence-corrected chi connectivity index (χ4v) is 3.10. The number of nitrogens with zero attached hydrogens (tertiary/aromatic N) is 6. The molecule has 0 radical (unpaired) electrons. The van der Waals surface area contributed by atoms with Crippen molar-refractivity contribution in [2.24, 2.45) is 0 Å². The molecule has 4 rings (SSSR count). The van der Waals surface area contributed by atoms with E-state index in [4.69, 9.17) is 10.7 Å². The number of nitrogens with two attached hydrogens (primary N) is 1. The predicted octanol–water partition coefficient (Wildman–Crippen LogP) is 3.12. The van der Waals surface area contributed by atoms with Gasteiger partial charge in [-0.15, -0.1) is 0 Å². The highest BCUT2D eigenvalue weighted by Crippen LogP contribution is 2.30. The Morgan fingerprint density at radius 2 is 2.00 bits per heavy atom. The van der Waals surface area contributed by atoms with Gasteiger partial charge >= 0.3 is 0 Å². The van der Waals surface area contributed by atoms with E-state index in [0.717, 1.165) is 28.2 Å². The first-order valence-electron chi connectivity index (χ1n) is 8.76. The Morgan fingerprint density at radius 1 is 1.21 bits per heavy atom. The Bertz CT molecular complexity index is 1190. The largest absolute Gasteiger partial charge is 0.382 e. The SMILES string of the molecule is Cc1cc2nc(-c3ccccc3)c(C(C)Nc3ncnc(N)c3C#N)cn2n1. The summed E-state index contributed by atoms with van der Waals surface area (Å²) in [5.74, 6) is 0.532. The topological polar surface area (TPSA) is 118 Å². The molecule has 0 fully saturated rings. The number of nitrogen functional groups attached to an aromatic ring is 1. The van der Waals surface area contributed by atoms with Gasteiger partial charge < -0.3 is 11.1 Å². The molecule has 1 aromatic carbocycles. The summed E-state index contributed by atoms with van der Waals surface area (Å²) in [4.78, 5) is 12.9. The van der Waals surface area contributed by atoms with Crippen LogP contribution in [0.1, 0.15) is 29.8 Å². The Kier molecular flexibility index (Phi) is 4.33. The number of aromatic nitrogens is 5. The van der Waals surface area contributed by atoms with Crippen LogP contribution in [0.4, 0.5) is 11.6 Å². The van der Waals surface area contributed by atoms with Crippen LogP contribution >= 0.6 is 0 Å². The average Bonchev–Trinajstić information content (AvgIpc) is 3.07. The zero-order valence-corrected chi connectivity index (χ0v) is 15.5. The van der Waals surface area contributed by atoms with Crippen LogP contribution in [0.15, 0.2) is 48.9 Å². The molecule has 8 heteroatoms. The van der Waals surface area contributed by atoms with Crippen LogP contribution in [0.5, 0.6) is 0 Å². The standard InChI is InChI=1S/C20H18N8/c1-12-8-17-26-18(14-6-4-3-5-7-14)16(10-28(17)27-12)13(2)25-20-15(9-21)19(22)23-11-24-20/h3-8,10-11,13H,1-2H3,(H3,22,23,24,25). The Morgan fingerprint density at radius 3 is 2.75 bits per heavy atom. The van der Waals surface area contributed by atoms with E-state index in [1.165, 1.54) is 6.33 Å². The van der Waals surface area contributed by atoms with Gasteiger partial charge in [0.15, 0.2) is 5.65 Å². The third kappa shape index (κ3) is 3.10.